The van der Waals surface area contributed by atoms with Gasteiger partial charge < -0.3 is 25.0 Å². The largest absolute Gasteiger partial charge is 0.348 e. The number of hydroxylamine groups is 1. The van der Waals surface area contributed by atoms with E-state index >= 15 is 0 Å². The number of ether oxygens (including phenoxy) is 2. The first-order valence-corrected chi connectivity index (χ1v) is 19.3. The number of benzene rings is 1. The Morgan fingerprint density at radius 1 is 1.00 bits per heavy atom. The molecule has 52 heavy (non-hydrogen) atoms. The molecular formula is C39H53ClN4O8. The number of halogens is 1. The van der Waals surface area contributed by atoms with Gasteiger partial charge in [-0.05, 0) is 67.6 Å². The summed E-state index contributed by atoms with van der Waals surface area (Å²) in [4.78, 5) is 76.2. The van der Waals surface area contributed by atoms with Gasteiger partial charge in [-0.25, -0.2) is 0 Å². The maximum Gasteiger partial charge on any atom is 0.246 e. The van der Waals surface area contributed by atoms with E-state index in [1.165, 1.54) is 4.90 Å². The van der Waals surface area contributed by atoms with Gasteiger partial charge in [0.1, 0.15) is 17.7 Å². The Labute approximate surface area is 311 Å². The van der Waals surface area contributed by atoms with Crippen LogP contribution in [0.1, 0.15) is 104 Å². The molecule has 3 aliphatic heterocycles. The van der Waals surface area contributed by atoms with Gasteiger partial charge in [-0.2, -0.15) is 0 Å². The van der Waals surface area contributed by atoms with E-state index in [0.717, 1.165) is 44.1 Å². The molecule has 2 saturated carbocycles. The highest BCUT2D eigenvalue weighted by molar-refractivity contribution is 6.39. The maximum atomic E-state index is 14.7. The van der Waals surface area contributed by atoms with Gasteiger partial charge in [-0.3, -0.25) is 34.3 Å². The molecule has 6 rings (SSSR count). The van der Waals surface area contributed by atoms with Crippen LogP contribution in [0.15, 0.2) is 30.3 Å². The Hall–Kier alpha value is -3.32. The van der Waals surface area contributed by atoms with Crippen LogP contribution in [0.25, 0.3) is 5.70 Å². The van der Waals surface area contributed by atoms with E-state index in [1.54, 1.807) is 12.1 Å². The SMILES string of the molecule is CCC[C@H](NC(=O)[C@@H]1C[C@]2(C=C(c3cccc(Cl)c3)NO2)CN1C(=O)[C@@H](NC(=O)CC1CCC2(CC1)OCCO2)C(C)(C)C)C(=O)C(=O)CC1CC1. The smallest absolute Gasteiger partial charge is 0.246 e. The molecule has 4 fully saturated rings. The predicted octanol–water partition coefficient (Wildman–Crippen LogP) is 4.63. The van der Waals surface area contributed by atoms with Gasteiger partial charge in [0, 0.05) is 42.7 Å². The lowest BCUT2D eigenvalue weighted by molar-refractivity contribution is -0.183. The van der Waals surface area contributed by atoms with Crippen LogP contribution in [0, 0.1) is 17.3 Å². The third-order valence-electron chi connectivity index (χ3n) is 11.1. The second kappa shape index (κ2) is 15.6. The van der Waals surface area contributed by atoms with Gasteiger partial charge in [0.2, 0.25) is 29.3 Å². The second-order valence-electron chi connectivity index (χ2n) is 16.4. The predicted molar refractivity (Wildman–Crippen MR) is 193 cm³/mol. The van der Waals surface area contributed by atoms with Crippen molar-refractivity contribution in [3.8, 4) is 0 Å². The van der Waals surface area contributed by atoms with Crippen LogP contribution in [0.2, 0.25) is 5.02 Å². The van der Waals surface area contributed by atoms with E-state index in [4.69, 9.17) is 25.9 Å². The number of nitrogens with zero attached hydrogens (tertiary/aromatic N) is 1. The molecule has 4 atom stereocenters. The number of likely N-dealkylation sites (tertiary alicyclic amines) is 1. The summed E-state index contributed by atoms with van der Waals surface area (Å²) in [5, 5.41) is 6.42. The monoisotopic (exact) mass is 740 g/mol. The van der Waals surface area contributed by atoms with E-state index in [1.807, 2.05) is 45.9 Å². The van der Waals surface area contributed by atoms with Crippen LogP contribution in [-0.4, -0.2) is 83.5 Å². The summed E-state index contributed by atoms with van der Waals surface area (Å²) in [7, 11) is 0. The lowest BCUT2D eigenvalue weighted by Crippen LogP contribution is -2.59. The average molecular weight is 741 g/mol. The topological polar surface area (TPSA) is 152 Å². The summed E-state index contributed by atoms with van der Waals surface area (Å²) in [5.74, 6) is -2.44. The highest BCUT2D eigenvalue weighted by Crippen LogP contribution is 2.41. The fourth-order valence-electron chi connectivity index (χ4n) is 7.93. The zero-order valence-corrected chi connectivity index (χ0v) is 31.5. The zero-order chi connectivity index (χ0) is 37.3. The highest BCUT2D eigenvalue weighted by atomic mass is 35.5. The van der Waals surface area contributed by atoms with Crippen molar-refractivity contribution in [2.45, 2.75) is 128 Å². The molecule has 13 heteroatoms. The minimum absolute atomic E-state index is 0.0150. The Bertz CT molecular complexity index is 1570. The van der Waals surface area contributed by atoms with Crippen molar-refractivity contribution in [3.05, 3.63) is 40.9 Å². The summed E-state index contributed by atoms with van der Waals surface area (Å²) in [6.07, 6.45) is 8.15. The van der Waals surface area contributed by atoms with E-state index in [-0.39, 0.29) is 43.6 Å². The molecule has 5 aliphatic rings. The summed E-state index contributed by atoms with van der Waals surface area (Å²) < 4.78 is 11.7. The van der Waals surface area contributed by atoms with Crippen molar-refractivity contribution in [2.75, 3.05) is 19.8 Å². The van der Waals surface area contributed by atoms with Gasteiger partial charge in [0.05, 0.1) is 31.5 Å². The van der Waals surface area contributed by atoms with Crippen molar-refractivity contribution in [1.82, 2.24) is 21.0 Å². The van der Waals surface area contributed by atoms with Gasteiger partial charge >= 0.3 is 0 Å². The highest BCUT2D eigenvalue weighted by Gasteiger charge is 2.54. The average Bonchev–Trinajstić information content (AvgIpc) is 3.46. The Morgan fingerprint density at radius 3 is 2.33 bits per heavy atom. The molecule has 3 heterocycles. The van der Waals surface area contributed by atoms with Gasteiger partial charge in [0.25, 0.3) is 0 Å². The molecule has 12 nitrogen and oxygen atoms in total. The number of nitrogens with one attached hydrogen (secondary N) is 3. The quantitative estimate of drug-likeness (QED) is 0.246. The summed E-state index contributed by atoms with van der Waals surface area (Å²) in [5.41, 5.74) is 2.59. The van der Waals surface area contributed by atoms with Gasteiger partial charge in [-0.15, -0.1) is 0 Å². The lowest BCUT2D eigenvalue weighted by atomic mass is 9.82. The number of carbonyl (C=O) groups excluding carboxylic acids is 5. The first-order chi connectivity index (χ1) is 24.7. The van der Waals surface area contributed by atoms with Crippen LogP contribution in [0.3, 0.4) is 0 Å². The third kappa shape index (κ3) is 8.89. The van der Waals surface area contributed by atoms with E-state index in [9.17, 15) is 24.0 Å². The van der Waals surface area contributed by atoms with Gasteiger partial charge in [0.15, 0.2) is 5.79 Å². The Kier molecular flexibility index (Phi) is 11.5. The zero-order valence-electron chi connectivity index (χ0n) is 30.8. The molecule has 3 N–H and O–H groups in total. The van der Waals surface area contributed by atoms with Crippen LogP contribution in [0.4, 0.5) is 0 Å². The maximum absolute atomic E-state index is 14.7. The van der Waals surface area contributed by atoms with E-state index in [2.05, 4.69) is 16.1 Å². The number of hydrogen-bond donors (Lipinski definition) is 3. The minimum Gasteiger partial charge on any atom is -0.348 e. The number of rotatable bonds is 13. The Morgan fingerprint density at radius 2 is 1.69 bits per heavy atom. The van der Waals surface area contributed by atoms with Gasteiger partial charge in [-0.1, -0.05) is 57.8 Å². The molecule has 2 spiro atoms. The van der Waals surface area contributed by atoms with Crippen LogP contribution in [0.5, 0.6) is 0 Å². The number of hydrogen-bond acceptors (Lipinski definition) is 9. The fourth-order valence-corrected chi connectivity index (χ4v) is 8.12. The van der Waals surface area contributed by atoms with Crippen molar-refractivity contribution < 1.29 is 38.3 Å². The normalized spacial score (nSPS) is 25.4. The molecule has 1 aromatic rings. The Balaban J connectivity index is 1.21. The van der Waals surface area contributed by atoms with Crippen molar-refractivity contribution >= 4 is 46.6 Å². The van der Waals surface area contributed by atoms with Crippen molar-refractivity contribution in [3.63, 3.8) is 0 Å². The van der Waals surface area contributed by atoms with Crippen LogP contribution in [-0.2, 0) is 38.3 Å². The molecule has 2 saturated heterocycles. The summed E-state index contributed by atoms with van der Waals surface area (Å²) >= 11 is 6.27. The van der Waals surface area contributed by atoms with E-state index < -0.39 is 58.3 Å². The third-order valence-corrected chi connectivity index (χ3v) is 11.3. The number of Topliss-reactive ketones (excluding diaryl/α,β-unsaturated/α-hetero) is 2. The standard InChI is InChI=1S/C39H53ClN4O8/c1-5-7-28(33(47)31(45)18-24-10-11-24)41-35(48)30-22-38(21-29(43-52-38)26-8-6-9-27(40)20-26)23-44(30)36(49)34(37(2,3)4)42-32(46)19-25-12-14-39(15-13-25)50-16-17-51-39/h6,8-9,20-21,24-25,28,30,34,43H,5,7,10-19,22-23H2,1-4H3,(H,41,48)(H,42,46)/t28-,30-,34+,38+/m0/s1. The fraction of sp³-hybridized carbons (Fsp3) is 0.667. The number of amides is 3. The second-order valence-corrected chi connectivity index (χ2v) is 16.9. The molecule has 2 aliphatic carbocycles. The number of ketones is 2. The first kappa shape index (κ1) is 38.4. The molecule has 0 aromatic heterocycles. The first-order valence-electron chi connectivity index (χ1n) is 18.9. The molecule has 0 unspecified atom stereocenters. The molecule has 0 radical (unpaired) electrons. The summed E-state index contributed by atoms with van der Waals surface area (Å²) in [6.45, 7) is 8.71. The number of carbonyl (C=O) groups is 5. The van der Waals surface area contributed by atoms with Crippen molar-refractivity contribution in [2.24, 2.45) is 17.3 Å². The summed E-state index contributed by atoms with van der Waals surface area (Å²) in [6, 6.07) is 4.25. The van der Waals surface area contributed by atoms with Crippen molar-refractivity contribution in [1.29, 1.82) is 0 Å². The lowest BCUT2D eigenvalue weighted by Gasteiger charge is -2.37. The van der Waals surface area contributed by atoms with Crippen LogP contribution >= 0.6 is 11.6 Å². The molecule has 3 amide bonds. The van der Waals surface area contributed by atoms with E-state index in [0.29, 0.717) is 36.8 Å². The molecular weight excluding hydrogens is 688 g/mol. The minimum atomic E-state index is -1.09. The molecule has 0 bridgehead atoms. The van der Waals surface area contributed by atoms with Crippen LogP contribution < -0.4 is 16.1 Å². The molecule has 284 valence electrons. The molecule has 1 aromatic carbocycles.